The van der Waals surface area contributed by atoms with Crippen molar-refractivity contribution in [3.63, 3.8) is 0 Å². The van der Waals surface area contributed by atoms with Crippen molar-refractivity contribution < 1.29 is 10.2 Å². The van der Waals surface area contributed by atoms with Crippen LogP contribution in [0.25, 0.3) is 0 Å². The Balaban J connectivity index is 3.20. The molecule has 0 bridgehead atoms. The Morgan fingerprint density at radius 3 is 2.54 bits per heavy atom. The zero-order chi connectivity index (χ0) is 10.0. The van der Waals surface area contributed by atoms with Crippen LogP contribution in [-0.2, 0) is 0 Å². The summed E-state index contributed by atoms with van der Waals surface area (Å²) < 4.78 is 0. The summed E-state index contributed by atoms with van der Waals surface area (Å²) in [5.74, 6) is -0.177. The lowest BCUT2D eigenvalue weighted by molar-refractivity contribution is 0.182. The predicted molar refractivity (Wildman–Crippen MR) is 52.1 cm³/mol. The van der Waals surface area contributed by atoms with Gasteiger partial charge >= 0.3 is 0 Å². The van der Waals surface area contributed by atoms with Crippen molar-refractivity contribution in [1.29, 1.82) is 0 Å². The highest BCUT2D eigenvalue weighted by atomic mass is 35.5. The highest BCUT2D eigenvalue weighted by Gasteiger charge is 2.14. The predicted octanol–water partition coefficient (Wildman–Crippen LogP) is 1.69. The Bertz CT molecular complexity index is 317. The van der Waals surface area contributed by atoms with Crippen LogP contribution in [0.1, 0.15) is 11.7 Å². The molecule has 5 heteroatoms. The molecule has 72 valence electrons. The van der Waals surface area contributed by atoms with E-state index in [1.807, 2.05) is 0 Å². The summed E-state index contributed by atoms with van der Waals surface area (Å²) >= 11 is 11.3. The molecule has 0 saturated carbocycles. The molecule has 3 nitrogen and oxygen atoms in total. The molecule has 0 spiro atoms. The average molecular weight is 222 g/mol. The molecule has 0 heterocycles. The molecule has 0 aliphatic rings. The van der Waals surface area contributed by atoms with E-state index in [9.17, 15) is 10.2 Å². The van der Waals surface area contributed by atoms with Gasteiger partial charge in [-0.3, -0.25) is 0 Å². The molecule has 1 atom stereocenters. The van der Waals surface area contributed by atoms with Crippen LogP contribution in [-0.4, -0.2) is 16.8 Å². The lowest BCUT2D eigenvalue weighted by atomic mass is 10.1. The van der Waals surface area contributed by atoms with E-state index in [0.29, 0.717) is 5.02 Å². The third kappa shape index (κ3) is 2.25. The molecular weight excluding hydrogens is 213 g/mol. The first kappa shape index (κ1) is 10.6. The van der Waals surface area contributed by atoms with Gasteiger partial charge in [0.1, 0.15) is 5.75 Å². The average Bonchev–Trinajstić information content (AvgIpc) is 2.10. The minimum Gasteiger partial charge on any atom is -0.506 e. The molecule has 0 amide bonds. The van der Waals surface area contributed by atoms with Crippen LogP contribution in [0.3, 0.4) is 0 Å². The third-order valence-corrected chi connectivity index (χ3v) is 2.15. The van der Waals surface area contributed by atoms with E-state index in [1.54, 1.807) is 0 Å². The highest BCUT2D eigenvalue weighted by molar-refractivity contribution is 6.35. The molecule has 0 radical (unpaired) electrons. The van der Waals surface area contributed by atoms with Gasteiger partial charge in [0.2, 0.25) is 0 Å². The van der Waals surface area contributed by atoms with E-state index in [2.05, 4.69) is 0 Å². The number of benzene rings is 1. The Labute approximate surface area is 85.7 Å². The zero-order valence-corrected chi connectivity index (χ0v) is 8.18. The number of aromatic hydroxyl groups is 1. The maximum atomic E-state index is 9.42. The standard InChI is InChI=1S/C8H9Cl2NO2/c9-4-1-5(7(12)3-11)8(13)6(10)2-4/h1-2,7,12-13H,3,11H2. The van der Waals surface area contributed by atoms with Crippen LogP contribution < -0.4 is 5.73 Å². The summed E-state index contributed by atoms with van der Waals surface area (Å²) in [6, 6.07) is 2.82. The number of nitrogens with two attached hydrogens (primary N) is 1. The monoisotopic (exact) mass is 221 g/mol. The Hall–Kier alpha value is -0.480. The number of hydrogen-bond donors (Lipinski definition) is 3. The largest absolute Gasteiger partial charge is 0.506 e. The maximum absolute atomic E-state index is 9.42. The van der Waals surface area contributed by atoms with Crippen LogP contribution in [0.2, 0.25) is 10.0 Å². The van der Waals surface area contributed by atoms with Crippen molar-refractivity contribution in [2.45, 2.75) is 6.10 Å². The molecule has 1 aromatic rings. The fraction of sp³-hybridized carbons (Fsp3) is 0.250. The van der Waals surface area contributed by atoms with Crippen molar-refractivity contribution in [3.05, 3.63) is 27.7 Å². The van der Waals surface area contributed by atoms with E-state index in [1.165, 1.54) is 12.1 Å². The normalized spacial score (nSPS) is 12.9. The van der Waals surface area contributed by atoms with Crippen LogP contribution in [0.5, 0.6) is 5.75 Å². The molecule has 0 fully saturated rings. The van der Waals surface area contributed by atoms with Gasteiger partial charge in [-0.05, 0) is 12.1 Å². The van der Waals surface area contributed by atoms with E-state index < -0.39 is 6.10 Å². The lowest BCUT2D eigenvalue weighted by Crippen LogP contribution is -2.11. The van der Waals surface area contributed by atoms with Crippen molar-refractivity contribution in [3.8, 4) is 5.75 Å². The Morgan fingerprint density at radius 1 is 1.38 bits per heavy atom. The van der Waals surface area contributed by atoms with Crippen molar-refractivity contribution in [1.82, 2.24) is 0 Å². The fourth-order valence-corrected chi connectivity index (χ4v) is 1.48. The second kappa shape index (κ2) is 4.15. The first-order valence-electron chi connectivity index (χ1n) is 3.62. The quantitative estimate of drug-likeness (QED) is 0.713. The topological polar surface area (TPSA) is 66.5 Å². The Morgan fingerprint density at radius 2 is 2.00 bits per heavy atom. The Kier molecular flexibility index (Phi) is 3.39. The van der Waals surface area contributed by atoms with Crippen molar-refractivity contribution in [2.75, 3.05) is 6.54 Å². The summed E-state index contributed by atoms with van der Waals surface area (Å²) in [5, 5.41) is 19.2. The number of halogens is 2. The van der Waals surface area contributed by atoms with Gasteiger partial charge in [0.25, 0.3) is 0 Å². The minimum atomic E-state index is -0.948. The van der Waals surface area contributed by atoms with Gasteiger partial charge in [-0.1, -0.05) is 23.2 Å². The van der Waals surface area contributed by atoms with E-state index in [0.717, 1.165) is 0 Å². The molecule has 1 aromatic carbocycles. The molecule has 1 rings (SSSR count). The van der Waals surface area contributed by atoms with Gasteiger partial charge in [-0.2, -0.15) is 0 Å². The van der Waals surface area contributed by atoms with Gasteiger partial charge in [0, 0.05) is 17.1 Å². The molecule has 1 unspecified atom stereocenters. The molecule has 0 aromatic heterocycles. The number of phenolic OH excluding ortho intramolecular Hbond substituents is 1. The number of aliphatic hydroxyl groups is 1. The second-order valence-corrected chi connectivity index (χ2v) is 3.42. The van der Waals surface area contributed by atoms with Crippen LogP contribution in [0, 0.1) is 0 Å². The first-order valence-corrected chi connectivity index (χ1v) is 4.38. The van der Waals surface area contributed by atoms with Gasteiger partial charge in [0.05, 0.1) is 11.1 Å². The van der Waals surface area contributed by atoms with E-state index in [4.69, 9.17) is 28.9 Å². The summed E-state index contributed by atoms with van der Waals surface area (Å²) in [5.41, 5.74) is 5.48. The summed E-state index contributed by atoms with van der Waals surface area (Å²) in [6.07, 6.45) is -0.948. The molecular formula is C8H9Cl2NO2. The van der Waals surface area contributed by atoms with Crippen LogP contribution >= 0.6 is 23.2 Å². The fourth-order valence-electron chi connectivity index (χ4n) is 0.967. The first-order chi connectivity index (χ1) is 6.06. The second-order valence-electron chi connectivity index (χ2n) is 2.58. The number of aliphatic hydroxyl groups excluding tert-OH is 1. The number of hydrogen-bond acceptors (Lipinski definition) is 3. The molecule has 0 aliphatic heterocycles. The van der Waals surface area contributed by atoms with Gasteiger partial charge < -0.3 is 15.9 Å². The van der Waals surface area contributed by atoms with Gasteiger partial charge in [-0.15, -0.1) is 0 Å². The summed E-state index contributed by atoms with van der Waals surface area (Å²) in [7, 11) is 0. The van der Waals surface area contributed by atoms with Crippen molar-refractivity contribution >= 4 is 23.2 Å². The van der Waals surface area contributed by atoms with Crippen LogP contribution in [0.15, 0.2) is 12.1 Å². The summed E-state index contributed by atoms with van der Waals surface area (Å²) in [6.45, 7) is 0.00420. The maximum Gasteiger partial charge on any atom is 0.140 e. The SMILES string of the molecule is NCC(O)c1cc(Cl)cc(Cl)c1O. The van der Waals surface area contributed by atoms with Crippen LogP contribution in [0.4, 0.5) is 0 Å². The van der Waals surface area contributed by atoms with E-state index >= 15 is 0 Å². The lowest BCUT2D eigenvalue weighted by Gasteiger charge is -2.11. The molecule has 13 heavy (non-hydrogen) atoms. The minimum absolute atomic E-state index is 0.00420. The zero-order valence-electron chi connectivity index (χ0n) is 6.67. The number of rotatable bonds is 2. The molecule has 0 saturated heterocycles. The number of phenols is 1. The third-order valence-electron chi connectivity index (χ3n) is 1.64. The van der Waals surface area contributed by atoms with Gasteiger partial charge in [0.15, 0.2) is 0 Å². The van der Waals surface area contributed by atoms with Gasteiger partial charge in [-0.25, -0.2) is 0 Å². The highest BCUT2D eigenvalue weighted by Crippen LogP contribution is 2.34. The van der Waals surface area contributed by atoms with Crippen molar-refractivity contribution in [2.24, 2.45) is 5.73 Å². The van der Waals surface area contributed by atoms with E-state index in [-0.39, 0.29) is 22.9 Å². The molecule has 4 N–H and O–H groups in total. The molecule has 0 aliphatic carbocycles. The smallest absolute Gasteiger partial charge is 0.140 e. The summed E-state index contributed by atoms with van der Waals surface area (Å²) in [4.78, 5) is 0.